The van der Waals surface area contributed by atoms with E-state index in [1.54, 1.807) is 0 Å². The summed E-state index contributed by atoms with van der Waals surface area (Å²) in [6, 6.07) is 16.2. The molecular weight excluding hydrogens is 300 g/mol. The fourth-order valence-electron chi connectivity index (χ4n) is 2.47. The van der Waals surface area contributed by atoms with Crippen LogP contribution in [0.5, 0.6) is 11.5 Å². The summed E-state index contributed by atoms with van der Waals surface area (Å²) >= 11 is 0. The van der Waals surface area contributed by atoms with Crippen LogP contribution in [0, 0.1) is 6.92 Å². The second-order valence-electron chi connectivity index (χ2n) is 5.93. The van der Waals surface area contributed by atoms with E-state index in [1.165, 1.54) is 5.56 Å². The minimum Gasteiger partial charge on any atom is -0.491 e. The summed E-state index contributed by atoms with van der Waals surface area (Å²) in [5, 5.41) is 6.38. The lowest BCUT2D eigenvalue weighted by molar-refractivity contribution is 0.220. The van der Waals surface area contributed by atoms with Crippen LogP contribution in [0.25, 0.3) is 0 Å². The predicted octanol–water partition coefficient (Wildman–Crippen LogP) is 3.86. The molecule has 0 spiro atoms. The van der Waals surface area contributed by atoms with Crippen molar-refractivity contribution in [3.05, 3.63) is 54.1 Å². The van der Waals surface area contributed by atoms with Gasteiger partial charge in [0.1, 0.15) is 17.6 Å². The molecule has 1 atom stereocenters. The second kappa shape index (κ2) is 9.83. The Balaban J connectivity index is 0.000000175. The van der Waals surface area contributed by atoms with Crippen molar-refractivity contribution in [2.45, 2.75) is 26.4 Å². The largest absolute Gasteiger partial charge is 0.491 e. The van der Waals surface area contributed by atoms with E-state index in [0.717, 1.165) is 43.3 Å². The van der Waals surface area contributed by atoms with Gasteiger partial charge in [0.15, 0.2) is 0 Å². The van der Waals surface area contributed by atoms with E-state index in [1.807, 2.05) is 49.5 Å². The van der Waals surface area contributed by atoms with Crippen LogP contribution in [0.15, 0.2) is 48.5 Å². The number of ether oxygens (including phenoxy) is 2. The number of hydrogen-bond donors (Lipinski definition) is 2. The number of anilines is 1. The molecule has 1 aliphatic heterocycles. The summed E-state index contributed by atoms with van der Waals surface area (Å²) in [6.07, 6.45) is 1.29. The number of hydrogen-bond acceptors (Lipinski definition) is 4. The Morgan fingerprint density at radius 2 is 2.04 bits per heavy atom. The molecule has 1 heterocycles. The highest BCUT2D eigenvalue weighted by atomic mass is 16.5. The summed E-state index contributed by atoms with van der Waals surface area (Å²) in [5.74, 6) is 1.92. The van der Waals surface area contributed by atoms with Crippen LogP contribution in [-0.2, 0) is 0 Å². The van der Waals surface area contributed by atoms with Gasteiger partial charge in [-0.25, -0.2) is 0 Å². The van der Waals surface area contributed by atoms with Gasteiger partial charge in [0.2, 0.25) is 0 Å². The van der Waals surface area contributed by atoms with Gasteiger partial charge in [0.05, 0.1) is 12.3 Å². The lowest BCUT2D eigenvalue weighted by Crippen LogP contribution is -2.25. The van der Waals surface area contributed by atoms with E-state index in [-0.39, 0.29) is 6.10 Å². The van der Waals surface area contributed by atoms with Crippen molar-refractivity contribution in [3.8, 4) is 11.5 Å². The Bertz CT molecular complexity index is 591. The summed E-state index contributed by atoms with van der Waals surface area (Å²) in [7, 11) is 1.93. The molecule has 4 heteroatoms. The number of nitrogens with one attached hydrogen (secondary N) is 2. The van der Waals surface area contributed by atoms with Gasteiger partial charge >= 0.3 is 0 Å². The molecule has 1 unspecified atom stereocenters. The fraction of sp³-hybridized carbons (Fsp3) is 0.400. The molecule has 0 aliphatic carbocycles. The predicted molar refractivity (Wildman–Crippen MR) is 100 cm³/mol. The summed E-state index contributed by atoms with van der Waals surface area (Å²) in [4.78, 5) is 0. The summed E-state index contributed by atoms with van der Waals surface area (Å²) in [6.45, 7) is 6.82. The van der Waals surface area contributed by atoms with E-state index in [9.17, 15) is 0 Å². The highest BCUT2D eigenvalue weighted by Crippen LogP contribution is 2.25. The maximum Gasteiger partial charge on any atom is 0.142 e. The van der Waals surface area contributed by atoms with Gasteiger partial charge in [-0.3, -0.25) is 0 Å². The van der Waals surface area contributed by atoms with Crippen molar-refractivity contribution in [1.29, 1.82) is 0 Å². The SMILES string of the molecule is CNCC(C)Oc1cccc(C)c1.c1ccc2c(c1)NCCCO2. The van der Waals surface area contributed by atoms with E-state index >= 15 is 0 Å². The Morgan fingerprint density at radius 3 is 2.83 bits per heavy atom. The van der Waals surface area contributed by atoms with Crippen molar-refractivity contribution < 1.29 is 9.47 Å². The molecule has 0 radical (unpaired) electrons. The average molecular weight is 328 g/mol. The molecule has 0 amide bonds. The molecule has 0 saturated carbocycles. The molecule has 24 heavy (non-hydrogen) atoms. The third-order valence-corrected chi connectivity index (χ3v) is 3.60. The van der Waals surface area contributed by atoms with Crippen molar-refractivity contribution in [3.63, 3.8) is 0 Å². The maximum atomic E-state index is 5.67. The van der Waals surface area contributed by atoms with Gasteiger partial charge in [-0.15, -0.1) is 0 Å². The average Bonchev–Trinajstić information content (AvgIpc) is 2.81. The van der Waals surface area contributed by atoms with Crippen LogP contribution >= 0.6 is 0 Å². The molecule has 1 aliphatic rings. The zero-order valence-electron chi connectivity index (χ0n) is 14.8. The van der Waals surface area contributed by atoms with Crippen molar-refractivity contribution in [2.75, 3.05) is 32.1 Å². The molecule has 2 aromatic carbocycles. The van der Waals surface area contributed by atoms with Crippen LogP contribution in [0.4, 0.5) is 5.69 Å². The number of fused-ring (bicyclic) bond motifs is 1. The number of aryl methyl sites for hydroxylation is 1. The second-order valence-corrected chi connectivity index (χ2v) is 5.93. The zero-order chi connectivity index (χ0) is 17.2. The standard InChI is InChI=1S/C11H17NO.C9H11NO/c1-9-5-4-6-11(7-9)13-10(2)8-12-3;1-2-5-9-8(4-1)10-6-3-7-11-9/h4-7,10,12H,8H2,1-3H3;1-2,4-5,10H,3,6-7H2. The highest BCUT2D eigenvalue weighted by Gasteiger charge is 2.05. The maximum absolute atomic E-state index is 5.67. The molecular formula is C20H28N2O2. The quantitative estimate of drug-likeness (QED) is 0.894. The fourth-order valence-corrected chi connectivity index (χ4v) is 2.47. The van der Waals surface area contributed by atoms with Crippen molar-refractivity contribution in [1.82, 2.24) is 5.32 Å². The summed E-state index contributed by atoms with van der Waals surface area (Å²) < 4.78 is 11.2. The van der Waals surface area contributed by atoms with Gasteiger partial charge in [-0.2, -0.15) is 0 Å². The Hall–Kier alpha value is -2.20. The number of likely N-dealkylation sites (N-methyl/N-ethyl adjacent to an activating group) is 1. The summed E-state index contributed by atoms with van der Waals surface area (Å²) in [5.41, 5.74) is 2.35. The topological polar surface area (TPSA) is 42.5 Å². The van der Waals surface area contributed by atoms with E-state index < -0.39 is 0 Å². The first-order valence-electron chi connectivity index (χ1n) is 8.52. The normalized spacial score (nSPS) is 14.0. The van der Waals surface area contributed by atoms with E-state index in [2.05, 4.69) is 30.5 Å². The van der Waals surface area contributed by atoms with Crippen molar-refractivity contribution in [2.24, 2.45) is 0 Å². The van der Waals surface area contributed by atoms with Crippen LogP contribution in [0.1, 0.15) is 18.9 Å². The van der Waals surface area contributed by atoms with Crippen LogP contribution < -0.4 is 20.1 Å². The number of rotatable bonds is 4. The first kappa shape index (κ1) is 18.1. The van der Waals surface area contributed by atoms with Gasteiger partial charge in [-0.05, 0) is 57.1 Å². The Kier molecular flexibility index (Phi) is 7.43. The van der Waals surface area contributed by atoms with E-state index in [0.29, 0.717) is 0 Å². The third kappa shape index (κ3) is 6.13. The van der Waals surface area contributed by atoms with Crippen LogP contribution in [-0.4, -0.2) is 32.8 Å². The van der Waals surface area contributed by atoms with Gasteiger partial charge in [0.25, 0.3) is 0 Å². The molecule has 130 valence electrons. The minimum atomic E-state index is 0.215. The Morgan fingerprint density at radius 1 is 1.21 bits per heavy atom. The zero-order valence-corrected chi connectivity index (χ0v) is 14.8. The molecule has 3 rings (SSSR count). The van der Waals surface area contributed by atoms with Gasteiger partial charge in [0, 0.05) is 13.1 Å². The molecule has 2 N–H and O–H groups in total. The molecule has 0 bridgehead atoms. The third-order valence-electron chi connectivity index (χ3n) is 3.60. The first-order valence-corrected chi connectivity index (χ1v) is 8.52. The molecule has 2 aromatic rings. The van der Waals surface area contributed by atoms with Crippen LogP contribution in [0.2, 0.25) is 0 Å². The highest BCUT2D eigenvalue weighted by molar-refractivity contribution is 5.56. The lowest BCUT2D eigenvalue weighted by Gasteiger charge is -2.14. The monoisotopic (exact) mass is 328 g/mol. The smallest absolute Gasteiger partial charge is 0.142 e. The van der Waals surface area contributed by atoms with Gasteiger partial charge < -0.3 is 20.1 Å². The number of benzene rings is 2. The molecule has 4 nitrogen and oxygen atoms in total. The molecule has 0 aromatic heterocycles. The molecule has 0 fully saturated rings. The Labute approximate surface area is 145 Å². The number of para-hydroxylation sites is 2. The minimum absolute atomic E-state index is 0.215. The van der Waals surface area contributed by atoms with Crippen LogP contribution in [0.3, 0.4) is 0 Å². The van der Waals surface area contributed by atoms with Crippen molar-refractivity contribution >= 4 is 5.69 Å². The first-order chi connectivity index (χ1) is 11.7. The lowest BCUT2D eigenvalue weighted by atomic mass is 10.2. The van der Waals surface area contributed by atoms with Gasteiger partial charge in [-0.1, -0.05) is 24.3 Å². The molecule has 0 saturated heterocycles. The van der Waals surface area contributed by atoms with E-state index in [4.69, 9.17) is 9.47 Å².